The lowest BCUT2D eigenvalue weighted by Crippen LogP contribution is -2.42. The van der Waals surface area contributed by atoms with Gasteiger partial charge in [-0.25, -0.2) is 0 Å². The Bertz CT molecular complexity index is 195. The molecule has 0 aliphatic rings. The molecule has 0 aliphatic heterocycles. The van der Waals surface area contributed by atoms with E-state index in [2.05, 4.69) is 9.47 Å². The van der Waals surface area contributed by atoms with Crippen molar-refractivity contribution in [3.63, 3.8) is 0 Å². The number of esters is 2. The highest BCUT2D eigenvalue weighted by Gasteiger charge is 2.30. The molecule has 0 amide bonds. The molecule has 0 radical (unpaired) electrons. The Morgan fingerprint density at radius 1 is 1.07 bits per heavy atom. The molecule has 0 aromatic rings. The van der Waals surface area contributed by atoms with Gasteiger partial charge in [-0.1, -0.05) is 13.8 Å². The molecule has 3 unspecified atom stereocenters. The van der Waals surface area contributed by atoms with Gasteiger partial charge in [0.15, 0.2) is 0 Å². The maximum Gasteiger partial charge on any atom is 0.322 e. The number of nitrogens with two attached hydrogens (primary N) is 1. The summed E-state index contributed by atoms with van der Waals surface area (Å²) in [7, 11) is 2.56. The summed E-state index contributed by atoms with van der Waals surface area (Å²) in [6, 6.07) is -0.797. The highest BCUT2D eigenvalue weighted by Crippen LogP contribution is 2.16. The fraction of sp³-hybridized carbons (Fsp3) is 0.778. The van der Waals surface area contributed by atoms with Crippen molar-refractivity contribution in [3.8, 4) is 0 Å². The maximum atomic E-state index is 11.1. The van der Waals surface area contributed by atoms with Gasteiger partial charge in [0, 0.05) is 0 Å². The smallest absolute Gasteiger partial charge is 0.322 e. The molecule has 0 bridgehead atoms. The Morgan fingerprint density at radius 2 is 1.50 bits per heavy atom. The van der Waals surface area contributed by atoms with Crippen LogP contribution in [0.3, 0.4) is 0 Å². The second-order valence-corrected chi connectivity index (χ2v) is 3.22. The van der Waals surface area contributed by atoms with Gasteiger partial charge < -0.3 is 15.2 Å². The van der Waals surface area contributed by atoms with Crippen molar-refractivity contribution in [1.29, 1.82) is 0 Å². The van der Waals surface area contributed by atoms with Crippen LogP contribution in [-0.2, 0) is 19.1 Å². The van der Waals surface area contributed by atoms with Gasteiger partial charge in [-0.05, 0) is 5.92 Å². The van der Waals surface area contributed by atoms with Crippen LogP contribution in [0.1, 0.15) is 13.8 Å². The molecular weight excluding hydrogens is 186 g/mol. The molecule has 0 aromatic heterocycles. The van der Waals surface area contributed by atoms with Crippen LogP contribution in [0.2, 0.25) is 0 Å². The van der Waals surface area contributed by atoms with Gasteiger partial charge in [0.25, 0.3) is 0 Å². The zero-order valence-corrected chi connectivity index (χ0v) is 8.94. The molecule has 0 spiro atoms. The van der Waals surface area contributed by atoms with Gasteiger partial charge in [0.05, 0.1) is 20.1 Å². The Morgan fingerprint density at radius 3 is 1.86 bits per heavy atom. The fourth-order valence-electron chi connectivity index (χ4n) is 1.06. The molecule has 82 valence electrons. The highest BCUT2D eigenvalue weighted by atomic mass is 16.5. The van der Waals surface area contributed by atoms with Crippen molar-refractivity contribution in [2.75, 3.05) is 14.2 Å². The topological polar surface area (TPSA) is 78.6 Å². The molecular formula is C9H17NO4. The molecule has 0 aliphatic carbocycles. The van der Waals surface area contributed by atoms with Gasteiger partial charge in [-0.2, -0.15) is 0 Å². The summed E-state index contributed by atoms with van der Waals surface area (Å²) in [5.74, 6) is -1.63. The van der Waals surface area contributed by atoms with E-state index in [1.54, 1.807) is 13.8 Å². The summed E-state index contributed by atoms with van der Waals surface area (Å²) in [6.07, 6.45) is 0. The molecule has 5 nitrogen and oxygen atoms in total. The third-order valence-electron chi connectivity index (χ3n) is 2.40. The quantitative estimate of drug-likeness (QED) is 0.647. The zero-order chi connectivity index (χ0) is 11.3. The number of carbonyl (C=O) groups is 2. The van der Waals surface area contributed by atoms with E-state index in [-0.39, 0.29) is 11.9 Å². The van der Waals surface area contributed by atoms with Gasteiger partial charge in [0.1, 0.15) is 6.04 Å². The minimum Gasteiger partial charge on any atom is -0.469 e. The molecule has 0 saturated heterocycles. The summed E-state index contributed by atoms with van der Waals surface area (Å²) in [5, 5.41) is 0. The van der Waals surface area contributed by atoms with Crippen LogP contribution in [0.25, 0.3) is 0 Å². The molecule has 2 N–H and O–H groups in total. The summed E-state index contributed by atoms with van der Waals surface area (Å²) in [5.41, 5.74) is 5.58. The molecule has 0 aromatic carbocycles. The number of ether oxygens (including phenoxy) is 2. The highest BCUT2D eigenvalue weighted by molar-refractivity contribution is 5.78. The minimum atomic E-state index is -0.797. The average Bonchev–Trinajstić information content (AvgIpc) is 2.23. The fourth-order valence-corrected chi connectivity index (χ4v) is 1.06. The second kappa shape index (κ2) is 5.59. The monoisotopic (exact) mass is 203 g/mol. The minimum absolute atomic E-state index is 0.310. The first kappa shape index (κ1) is 12.9. The molecule has 0 heterocycles. The Kier molecular flexibility index (Phi) is 5.15. The normalized spacial score (nSPS) is 16.6. The van der Waals surface area contributed by atoms with E-state index in [0.717, 1.165) is 0 Å². The van der Waals surface area contributed by atoms with E-state index in [0.29, 0.717) is 0 Å². The molecule has 14 heavy (non-hydrogen) atoms. The maximum absolute atomic E-state index is 11.1. The number of hydrogen-bond donors (Lipinski definition) is 1. The number of carbonyl (C=O) groups excluding carboxylic acids is 2. The lowest BCUT2D eigenvalue weighted by Gasteiger charge is -2.22. The van der Waals surface area contributed by atoms with Crippen molar-refractivity contribution in [3.05, 3.63) is 0 Å². The van der Waals surface area contributed by atoms with Crippen LogP contribution < -0.4 is 5.73 Å². The van der Waals surface area contributed by atoms with Crippen LogP contribution in [0.5, 0.6) is 0 Å². The van der Waals surface area contributed by atoms with Crippen LogP contribution in [0.4, 0.5) is 0 Å². The molecule has 0 fully saturated rings. The average molecular weight is 203 g/mol. The van der Waals surface area contributed by atoms with E-state index in [9.17, 15) is 9.59 Å². The third kappa shape index (κ3) is 2.99. The first-order valence-electron chi connectivity index (χ1n) is 4.37. The zero-order valence-electron chi connectivity index (χ0n) is 8.94. The van der Waals surface area contributed by atoms with Gasteiger partial charge in [-0.15, -0.1) is 0 Å². The van der Waals surface area contributed by atoms with Crippen molar-refractivity contribution in [2.45, 2.75) is 19.9 Å². The second-order valence-electron chi connectivity index (χ2n) is 3.22. The van der Waals surface area contributed by atoms with Crippen LogP contribution >= 0.6 is 0 Å². The SMILES string of the molecule is COC(=O)C(C)C(C)C(N)C(=O)OC. The van der Waals surface area contributed by atoms with Crippen LogP contribution in [0, 0.1) is 11.8 Å². The van der Waals surface area contributed by atoms with E-state index in [1.807, 2.05) is 0 Å². The Balaban J connectivity index is 4.37. The van der Waals surface area contributed by atoms with Crippen molar-refractivity contribution < 1.29 is 19.1 Å². The molecule has 0 rings (SSSR count). The number of hydrogen-bond acceptors (Lipinski definition) is 5. The van der Waals surface area contributed by atoms with E-state index in [4.69, 9.17) is 5.73 Å². The Hall–Kier alpha value is -1.10. The third-order valence-corrected chi connectivity index (χ3v) is 2.40. The molecule has 5 heteroatoms. The van der Waals surface area contributed by atoms with Crippen LogP contribution in [0.15, 0.2) is 0 Å². The number of rotatable bonds is 4. The van der Waals surface area contributed by atoms with E-state index >= 15 is 0 Å². The first-order valence-corrected chi connectivity index (χ1v) is 4.37. The van der Waals surface area contributed by atoms with Crippen molar-refractivity contribution in [2.24, 2.45) is 17.6 Å². The van der Waals surface area contributed by atoms with Crippen LogP contribution in [-0.4, -0.2) is 32.2 Å². The van der Waals surface area contributed by atoms with Gasteiger partial charge in [-0.3, -0.25) is 9.59 Å². The van der Waals surface area contributed by atoms with Crippen molar-refractivity contribution in [1.82, 2.24) is 0 Å². The predicted octanol–water partition coefficient (Wildman–Crippen LogP) is -0.0681. The summed E-state index contributed by atoms with van der Waals surface area (Å²) < 4.78 is 9.03. The summed E-state index contributed by atoms with van der Waals surface area (Å²) in [6.45, 7) is 3.38. The first-order chi connectivity index (χ1) is 6.45. The largest absolute Gasteiger partial charge is 0.469 e. The Labute approximate surface area is 83.5 Å². The van der Waals surface area contributed by atoms with E-state index < -0.39 is 17.9 Å². The molecule has 3 atom stereocenters. The van der Waals surface area contributed by atoms with Gasteiger partial charge >= 0.3 is 11.9 Å². The lowest BCUT2D eigenvalue weighted by atomic mass is 9.89. The summed E-state index contributed by atoms with van der Waals surface area (Å²) >= 11 is 0. The molecule has 0 saturated carbocycles. The van der Waals surface area contributed by atoms with Crippen molar-refractivity contribution >= 4 is 11.9 Å². The summed E-state index contributed by atoms with van der Waals surface area (Å²) in [4.78, 5) is 22.2. The van der Waals surface area contributed by atoms with Gasteiger partial charge in [0.2, 0.25) is 0 Å². The van der Waals surface area contributed by atoms with E-state index in [1.165, 1.54) is 14.2 Å². The number of methoxy groups -OCH3 is 2. The predicted molar refractivity (Wildman–Crippen MR) is 50.3 cm³/mol. The standard InChI is InChI=1S/C9H17NO4/c1-5(6(2)8(11)13-3)7(10)9(12)14-4/h5-7H,10H2,1-4H3. The lowest BCUT2D eigenvalue weighted by molar-refractivity contribution is -0.149.